The van der Waals surface area contributed by atoms with Gasteiger partial charge >= 0.3 is 0 Å². The lowest BCUT2D eigenvalue weighted by Crippen LogP contribution is -2.34. The number of aliphatic hydroxyl groups is 1. The summed E-state index contributed by atoms with van der Waals surface area (Å²) in [7, 11) is 0. The molecule has 1 saturated heterocycles. The molecule has 2 amide bonds. The number of aliphatic hydroxyl groups excluding tert-OH is 1. The first kappa shape index (κ1) is 27.9. The molecule has 4 nitrogen and oxygen atoms in total. The van der Waals surface area contributed by atoms with Gasteiger partial charge in [0.25, 0.3) is 0 Å². The van der Waals surface area contributed by atoms with Crippen molar-refractivity contribution in [3.63, 3.8) is 0 Å². The molecular weight excluding hydrogens is 454 g/mol. The Bertz CT molecular complexity index is 737. The van der Waals surface area contributed by atoms with Crippen molar-refractivity contribution in [2.75, 3.05) is 5.75 Å². The van der Waals surface area contributed by atoms with E-state index in [1.165, 1.54) is 35.9 Å². The van der Waals surface area contributed by atoms with Crippen molar-refractivity contribution in [1.29, 1.82) is 0 Å². The van der Waals surface area contributed by atoms with E-state index in [1.54, 1.807) is 12.1 Å². The molecule has 2 rings (SSSR count). The Kier molecular flexibility index (Phi) is 13.8. The molecule has 1 aromatic rings. The molecule has 184 valence electrons. The van der Waals surface area contributed by atoms with E-state index >= 15 is 0 Å². The summed E-state index contributed by atoms with van der Waals surface area (Å²) < 4.78 is 0. The number of imide groups is 1. The Balaban J connectivity index is 1.55. The number of carbonyl (C=O) groups is 2. The third kappa shape index (κ3) is 10.7. The Morgan fingerprint density at radius 1 is 1.06 bits per heavy atom. The molecule has 0 bridgehead atoms. The van der Waals surface area contributed by atoms with Crippen LogP contribution in [0.25, 0.3) is 0 Å². The summed E-state index contributed by atoms with van der Waals surface area (Å²) in [5.74, 6) is 0.161. The van der Waals surface area contributed by atoms with Crippen LogP contribution >= 0.6 is 23.4 Å². The fourth-order valence-corrected chi connectivity index (χ4v) is 5.35. The SMILES string of the molecule is CCCCC/C=C\CC[C@H](O)CCCCCCCC(=O)N1C(=O)CSC1c1ccc(Cl)cc1. The van der Waals surface area contributed by atoms with E-state index in [4.69, 9.17) is 11.6 Å². The predicted octanol–water partition coefficient (Wildman–Crippen LogP) is 7.45. The summed E-state index contributed by atoms with van der Waals surface area (Å²) in [5.41, 5.74) is 0.939. The minimum Gasteiger partial charge on any atom is -0.393 e. The van der Waals surface area contributed by atoms with E-state index in [0.717, 1.165) is 63.4 Å². The zero-order chi connectivity index (χ0) is 23.9. The minimum atomic E-state index is -0.241. The van der Waals surface area contributed by atoms with Gasteiger partial charge in [0, 0.05) is 11.4 Å². The van der Waals surface area contributed by atoms with Crippen molar-refractivity contribution >= 4 is 35.2 Å². The van der Waals surface area contributed by atoms with E-state index in [2.05, 4.69) is 19.1 Å². The lowest BCUT2D eigenvalue weighted by Gasteiger charge is -2.22. The van der Waals surface area contributed by atoms with Crippen LogP contribution in [0.5, 0.6) is 0 Å². The molecule has 0 spiro atoms. The van der Waals surface area contributed by atoms with Gasteiger partial charge in [-0.25, -0.2) is 0 Å². The number of thioether (sulfide) groups is 1. The van der Waals surface area contributed by atoms with Crippen LogP contribution in [-0.2, 0) is 9.59 Å². The summed E-state index contributed by atoms with van der Waals surface area (Å²) in [6.45, 7) is 2.22. The second-order valence-electron chi connectivity index (χ2n) is 8.88. The number of hydrogen-bond donors (Lipinski definition) is 1. The molecule has 1 aliphatic heterocycles. The van der Waals surface area contributed by atoms with Crippen molar-refractivity contribution in [1.82, 2.24) is 4.90 Å². The van der Waals surface area contributed by atoms with E-state index in [-0.39, 0.29) is 23.3 Å². The molecule has 0 saturated carbocycles. The van der Waals surface area contributed by atoms with Gasteiger partial charge in [-0.05, 0) is 56.2 Å². The molecular formula is C27H40ClNO3S. The maximum absolute atomic E-state index is 12.7. The fraction of sp³-hybridized carbons (Fsp3) is 0.630. The van der Waals surface area contributed by atoms with Crippen LogP contribution in [0, 0.1) is 0 Å². The van der Waals surface area contributed by atoms with E-state index in [1.807, 2.05) is 12.1 Å². The highest BCUT2D eigenvalue weighted by Crippen LogP contribution is 2.39. The Morgan fingerprint density at radius 2 is 1.76 bits per heavy atom. The number of halogens is 1. The number of allylic oxidation sites excluding steroid dienone is 2. The van der Waals surface area contributed by atoms with Gasteiger partial charge in [0.2, 0.25) is 11.8 Å². The highest BCUT2D eigenvalue weighted by Gasteiger charge is 2.36. The molecule has 0 radical (unpaired) electrons. The van der Waals surface area contributed by atoms with Gasteiger partial charge < -0.3 is 5.11 Å². The van der Waals surface area contributed by atoms with Gasteiger partial charge in [-0.15, -0.1) is 11.8 Å². The second kappa shape index (κ2) is 16.3. The Labute approximate surface area is 209 Å². The largest absolute Gasteiger partial charge is 0.393 e. The molecule has 6 heteroatoms. The lowest BCUT2D eigenvalue weighted by atomic mass is 10.0. The Morgan fingerprint density at radius 3 is 2.52 bits per heavy atom. The zero-order valence-corrected chi connectivity index (χ0v) is 21.6. The summed E-state index contributed by atoms with van der Waals surface area (Å²) in [5, 5.41) is 10.5. The quantitative estimate of drug-likeness (QED) is 0.192. The molecule has 33 heavy (non-hydrogen) atoms. The van der Waals surface area contributed by atoms with Gasteiger partial charge in [-0.2, -0.15) is 0 Å². The van der Waals surface area contributed by atoms with Gasteiger partial charge in [0.15, 0.2) is 0 Å². The van der Waals surface area contributed by atoms with Crippen molar-refractivity contribution in [2.24, 2.45) is 0 Å². The number of benzene rings is 1. The van der Waals surface area contributed by atoms with Crippen LogP contribution < -0.4 is 0 Å². The molecule has 1 heterocycles. The summed E-state index contributed by atoms with van der Waals surface area (Å²) in [4.78, 5) is 26.4. The molecule has 1 fully saturated rings. The van der Waals surface area contributed by atoms with Gasteiger partial charge in [0.05, 0.1) is 11.9 Å². The third-order valence-electron chi connectivity index (χ3n) is 6.03. The maximum atomic E-state index is 12.7. The highest BCUT2D eigenvalue weighted by molar-refractivity contribution is 8.00. The first-order valence-corrected chi connectivity index (χ1v) is 14.0. The third-order valence-corrected chi connectivity index (χ3v) is 7.49. The van der Waals surface area contributed by atoms with Crippen LogP contribution in [0.1, 0.15) is 101 Å². The van der Waals surface area contributed by atoms with Crippen LogP contribution in [0.4, 0.5) is 0 Å². The zero-order valence-electron chi connectivity index (χ0n) is 20.0. The number of amides is 2. The predicted molar refractivity (Wildman–Crippen MR) is 139 cm³/mol. The molecule has 2 atom stereocenters. The van der Waals surface area contributed by atoms with Crippen molar-refractivity contribution in [3.8, 4) is 0 Å². The number of unbranched alkanes of at least 4 members (excludes halogenated alkanes) is 7. The summed E-state index contributed by atoms with van der Waals surface area (Å²) >= 11 is 7.46. The number of rotatable bonds is 16. The summed E-state index contributed by atoms with van der Waals surface area (Å²) in [6, 6.07) is 7.37. The molecule has 0 aliphatic carbocycles. The number of carbonyl (C=O) groups excluding carboxylic acids is 2. The molecule has 1 N–H and O–H groups in total. The molecule has 1 aromatic carbocycles. The average Bonchev–Trinajstić information content (AvgIpc) is 3.19. The van der Waals surface area contributed by atoms with Crippen molar-refractivity contribution in [2.45, 2.75) is 102 Å². The smallest absolute Gasteiger partial charge is 0.240 e. The average molecular weight is 494 g/mol. The van der Waals surface area contributed by atoms with Gasteiger partial charge in [-0.1, -0.05) is 81.3 Å². The summed E-state index contributed by atoms with van der Waals surface area (Å²) in [6.07, 6.45) is 17.2. The second-order valence-corrected chi connectivity index (χ2v) is 10.4. The van der Waals surface area contributed by atoms with Crippen LogP contribution in [-0.4, -0.2) is 33.7 Å². The van der Waals surface area contributed by atoms with Crippen LogP contribution in [0.3, 0.4) is 0 Å². The number of hydrogen-bond acceptors (Lipinski definition) is 4. The van der Waals surface area contributed by atoms with Crippen molar-refractivity contribution < 1.29 is 14.7 Å². The van der Waals surface area contributed by atoms with E-state index in [0.29, 0.717) is 17.2 Å². The first-order chi connectivity index (χ1) is 16.0. The minimum absolute atomic E-state index is 0.0804. The molecule has 0 aromatic heterocycles. The van der Waals surface area contributed by atoms with E-state index < -0.39 is 0 Å². The maximum Gasteiger partial charge on any atom is 0.240 e. The van der Waals surface area contributed by atoms with Gasteiger partial charge in [0.1, 0.15) is 5.37 Å². The van der Waals surface area contributed by atoms with E-state index in [9.17, 15) is 14.7 Å². The normalized spacial score (nSPS) is 17.2. The van der Waals surface area contributed by atoms with Crippen LogP contribution in [0.2, 0.25) is 5.02 Å². The fourth-order valence-electron chi connectivity index (χ4n) is 4.06. The topological polar surface area (TPSA) is 57.6 Å². The lowest BCUT2D eigenvalue weighted by molar-refractivity contribution is -0.143. The van der Waals surface area contributed by atoms with Crippen LogP contribution in [0.15, 0.2) is 36.4 Å². The monoisotopic (exact) mass is 493 g/mol. The van der Waals surface area contributed by atoms with Gasteiger partial charge in [-0.3, -0.25) is 14.5 Å². The number of nitrogens with zero attached hydrogens (tertiary/aromatic N) is 1. The molecule has 1 aliphatic rings. The standard InChI is InChI=1S/C27H40ClNO3S/c1-2-3-4-5-6-8-11-14-24(30)15-12-9-7-10-13-16-25(31)29-26(32)21-33-27(29)22-17-19-23(28)20-18-22/h6,8,17-20,24,27,30H,2-5,7,9-16,21H2,1H3/b8-6-/t24-,27?/m0/s1. The highest BCUT2D eigenvalue weighted by atomic mass is 35.5. The first-order valence-electron chi connectivity index (χ1n) is 12.6. The Hall–Kier alpha value is -1.30. The molecule has 1 unspecified atom stereocenters. The van der Waals surface area contributed by atoms with Crippen molar-refractivity contribution in [3.05, 3.63) is 47.0 Å².